The number of aliphatic imine (C=N–C) groups is 1. The van der Waals surface area contributed by atoms with E-state index in [1.54, 1.807) is 29.0 Å². The molecule has 1 N–H and O–H groups in total. The largest absolute Gasteiger partial charge is 0.349 e. The molecule has 0 aliphatic carbocycles. The zero-order valence-electron chi connectivity index (χ0n) is 17.7. The second-order valence-corrected chi connectivity index (χ2v) is 7.20. The number of halogens is 1. The van der Waals surface area contributed by atoms with E-state index in [1.165, 1.54) is 5.56 Å². The fourth-order valence-electron chi connectivity index (χ4n) is 3.60. The first-order chi connectivity index (χ1) is 14.6. The molecule has 3 aromatic rings. The van der Waals surface area contributed by atoms with Crippen LogP contribution in [0.1, 0.15) is 11.4 Å². The molecule has 1 amide bonds. The van der Waals surface area contributed by atoms with Crippen LogP contribution in [0.2, 0.25) is 0 Å². The van der Waals surface area contributed by atoms with Gasteiger partial charge in [-0.25, -0.2) is 4.98 Å². The molecule has 2 aromatic heterocycles. The molecule has 4 rings (SSSR count). The quantitative estimate of drug-likeness (QED) is 0.306. The summed E-state index contributed by atoms with van der Waals surface area (Å²) in [5, 5.41) is 7.51. The molecule has 9 nitrogen and oxygen atoms in total. The van der Waals surface area contributed by atoms with Crippen molar-refractivity contribution in [1.29, 1.82) is 0 Å². The highest BCUT2D eigenvalue weighted by atomic mass is 127. The Kier molecular flexibility index (Phi) is 7.66. The summed E-state index contributed by atoms with van der Waals surface area (Å²) in [7, 11) is 3.58. The van der Waals surface area contributed by atoms with E-state index in [2.05, 4.69) is 37.1 Å². The molecule has 1 fully saturated rings. The van der Waals surface area contributed by atoms with Gasteiger partial charge in [0.1, 0.15) is 12.4 Å². The Morgan fingerprint density at radius 1 is 1.23 bits per heavy atom. The maximum Gasteiger partial charge on any atom is 0.246 e. The van der Waals surface area contributed by atoms with E-state index in [-0.39, 0.29) is 36.4 Å². The van der Waals surface area contributed by atoms with Crippen LogP contribution in [0.3, 0.4) is 0 Å². The highest BCUT2D eigenvalue weighted by Crippen LogP contribution is 2.16. The summed E-state index contributed by atoms with van der Waals surface area (Å²) in [6.07, 6.45) is 7.35. The third-order valence-electron chi connectivity index (χ3n) is 5.14. The maximum absolute atomic E-state index is 12.7. The van der Waals surface area contributed by atoms with Crippen molar-refractivity contribution in [2.24, 2.45) is 12.0 Å². The van der Waals surface area contributed by atoms with Gasteiger partial charge in [-0.3, -0.25) is 14.5 Å². The summed E-state index contributed by atoms with van der Waals surface area (Å²) < 4.78 is 3.81. The number of aryl methyl sites for hydroxylation is 1. The van der Waals surface area contributed by atoms with E-state index in [0.29, 0.717) is 25.6 Å². The van der Waals surface area contributed by atoms with Crippen molar-refractivity contribution in [1.82, 2.24) is 29.5 Å². The van der Waals surface area contributed by atoms with Crippen molar-refractivity contribution in [2.45, 2.75) is 13.1 Å². The molecule has 164 valence electrons. The van der Waals surface area contributed by atoms with E-state index < -0.39 is 0 Å². The van der Waals surface area contributed by atoms with Gasteiger partial charge in [0.05, 0.1) is 18.4 Å². The average molecular weight is 534 g/mol. The van der Waals surface area contributed by atoms with Crippen LogP contribution in [-0.2, 0) is 24.9 Å². The number of carbonyl (C=O) groups excluding carboxylic acids is 1. The van der Waals surface area contributed by atoms with E-state index in [9.17, 15) is 4.79 Å². The molecule has 1 aliphatic rings. The summed E-state index contributed by atoms with van der Waals surface area (Å²) in [5.74, 6) is 1.64. The van der Waals surface area contributed by atoms with Gasteiger partial charge < -0.3 is 19.7 Å². The first-order valence-corrected chi connectivity index (χ1v) is 9.92. The molecule has 3 heterocycles. The minimum absolute atomic E-state index is 0. The highest BCUT2D eigenvalue weighted by Gasteiger charge is 2.27. The molecule has 0 radical (unpaired) electrons. The Balaban J connectivity index is 0.00000272. The lowest BCUT2D eigenvalue weighted by atomic mass is 10.2. The van der Waals surface area contributed by atoms with Gasteiger partial charge >= 0.3 is 0 Å². The number of guanidine groups is 1. The highest BCUT2D eigenvalue weighted by molar-refractivity contribution is 14.0. The van der Waals surface area contributed by atoms with Crippen LogP contribution in [0.25, 0.3) is 0 Å². The Bertz CT molecular complexity index is 1030. The molecule has 31 heavy (non-hydrogen) atoms. The minimum Gasteiger partial charge on any atom is -0.349 e. The molecule has 0 spiro atoms. The third-order valence-corrected chi connectivity index (χ3v) is 5.14. The van der Waals surface area contributed by atoms with Gasteiger partial charge in [-0.15, -0.1) is 24.0 Å². The first-order valence-electron chi connectivity index (χ1n) is 9.92. The van der Waals surface area contributed by atoms with Crippen LogP contribution in [0.5, 0.6) is 0 Å². The van der Waals surface area contributed by atoms with E-state index >= 15 is 0 Å². The number of nitrogens with zero attached hydrogens (tertiary/aromatic N) is 7. The van der Waals surface area contributed by atoms with Crippen molar-refractivity contribution in [3.05, 3.63) is 66.5 Å². The lowest BCUT2D eigenvalue weighted by Crippen LogP contribution is -2.55. The number of benzene rings is 1. The molecule has 0 saturated carbocycles. The molecule has 0 bridgehead atoms. The van der Waals surface area contributed by atoms with Gasteiger partial charge in [-0.05, 0) is 5.56 Å². The fraction of sp³-hybridized carbons (Fsp3) is 0.333. The maximum atomic E-state index is 12.7. The second kappa shape index (κ2) is 10.4. The van der Waals surface area contributed by atoms with Crippen LogP contribution >= 0.6 is 24.0 Å². The zero-order chi connectivity index (χ0) is 20.9. The van der Waals surface area contributed by atoms with Crippen LogP contribution in [0.15, 0.2) is 60.1 Å². The third kappa shape index (κ3) is 5.43. The molecule has 10 heteroatoms. The normalized spacial score (nSPS) is 14.5. The minimum atomic E-state index is 0. The smallest absolute Gasteiger partial charge is 0.246 e. The SMILES string of the molecule is CN=C(NCc1nccn1Cc1ccccc1)N1CCN(c2cnn(C)c2)C(=O)C1.I. The second-order valence-electron chi connectivity index (χ2n) is 7.20. The molecule has 1 saturated heterocycles. The number of carbonyl (C=O) groups is 1. The number of hydrogen-bond donors (Lipinski definition) is 1. The van der Waals surface area contributed by atoms with E-state index in [0.717, 1.165) is 18.1 Å². The van der Waals surface area contributed by atoms with Crippen molar-refractivity contribution in [3.63, 3.8) is 0 Å². The first kappa shape index (κ1) is 22.8. The van der Waals surface area contributed by atoms with Crippen molar-refractivity contribution >= 4 is 41.5 Å². The standard InChI is InChI=1S/C21H26N8O.HI/c1-22-21(28-10-11-29(20(30)16-28)18-12-25-26(2)15-18)24-13-19-23-8-9-27(19)14-17-6-4-3-5-7-17;/h3-9,12,15H,10-11,13-14,16H2,1-2H3,(H,22,24);1H. The number of aromatic nitrogens is 4. The van der Waals surface area contributed by atoms with Crippen molar-refractivity contribution < 1.29 is 4.79 Å². The molecule has 0 unspecified atom stereocenters. The number of piperazine rings is 1. The summed E-state index contributed by atoms with van der Waals surface area (Å²) in [6.45, 7) is 2.85. The summed E-state index contributed by atoms with van der Waals surface area (Å²) >= 11 is 0. The monoisotopic (exact) mass is 534 g/mol. The van der Waals surface area contributed by atoms with Crippen LogP contribution in [0, 0.1) is 0 Å². The molecular weight excluding hydrogens is 507 g/mol. The van der Waals surface area contributed by atoms with Gasteiger partial charge in [0.15, 0.2) is 5.96 Å². The number of rotatable bonds is 5. The predicted molar refractivity (Wildman–Crippen MR) is 131 cm³/mol. The molecule has 1 aromatic carbocycles. The van der Waals surface area contributed by atoms with Gasteiger partial charge in [-0.2, -0.15) is 5.10 Å². The summed E-state index contributed by atoms with van der Waals surface area (Å²) in [5.41, 5.74) is 2.05. The van der Waals surface area contributed by atoms with Gasteiger partial charge in [-0.1, -0.05) is 30.3 Å². The Morgan fingerprint density at radius 3 is 2.71 bits per heavy atom. The molecular formula is C21H27IN8O. The predicted octanol–water partition coefficient (Wildman–Crippen LogP) is 1.71. The van der Waals surface area contributed by atoms with Gasteiger partial charge in [0.25, 0.3) is 0 Å². The summed E-state index contributed by atoms with van der Waals surface area (Å²) in [6, 6.07) is 10.3. The number of nitrogens with one attached hydrogen (secondary N) is 1. The van der Waals surface area contributed by atoms with Crippen LogP contribution in [0.4, 0.5) is 5.69 Å². The number of amides is 1. The topological polar surface area (TPSA) is 83.6 Å². The molecule has 0 atom stereocenters. The number of imidazole rings is 1. The number of anilines is 1. The van der Waals surface area contributed by atoms with Crippen LogP contribution in [-0.4, -0.2) is 62.8 Å². The molecule has 1 aliphatic heterocycles. The van der Waals surface area contributed by atoms with E-state index in [1.807, 2.05) is 42.5 Å². The Labute approximate surface area is 198 Å². The fourth-order valence-corrected chi connectivity index (χ4v) is 3.60. The van der Waals surface area contributed by atoms with Gasteiger partial charge in [0, 0.05) is 52.3 Å². The van der Waals surface area contributed by atoms with Crippen molar-refractivity contribution in [2.75, 3.05) is 31.6 Å². The zero-order valence-corrected chi connectivity index (χ0v) is 20.0. The van der Waals surface area contributed by atoms with Crippen LogP contribution < -0.4 is 10.2 Å². The summed E-state index contributed by atoms with van der Waals surface area (Å²) in [4.78, 5) is 25.3. The van der Waals surface area contributed by atoms with Gasteiger partial charge in [0.2, 0.25) is 5.91 Å². The lowest BCUT2D eigenvalue weighted by Gasteiger charge is -2.35. The average Bonchev–Trinajstić information content (AvgIpc) is 3.38. The lowest BCUT2D eigenvalue weighted by molar-refractivity contribution is -0.120. The Morgan fingerprint density at radius 2 is 2.03 bits per heavy atom. The Hall–Kier alpha value is -2.89. The van der Waals surface area contributed by atoms with E-state index in [4.69, 9.17) is 0 Å². The van der Waals surface area contributed by atoms with Crippen molar-refractivity contribution in [3.8, 4) is 0 Å². The number of hydrogen-bond acceptors (Lipinski definition) is 4.